The van der Waals surface area contributed by atoms with Crippen molar-refractivity contribution in [2.24, 2.45) is 5.73 Å². The van der Waals surface area contributed by atoms with Crippen molar-refractivity contribution in [1.29, 1.82) is 0 Å². The number of nitrogens with one attached hydrogen (secondary N) is 1. The number of rotatable bonds is 5. The van der Waals surface area contributed by atoms with Gasteiger partial charge in [0.25, 0.3) is 5.91 Å². The Balaban J connectivity index is 1.64. The van der Waals surface area contributed by atoms with E-state index in [1.54, 1.807) is 16.8 Å². The number of aromatic nitrogens is 1. The summed E-state index contributed by atoms with van der Waals surface area (Å²) >= 11 is 1.28. The Labute approximate surface area is 148 Å². The van der Waals surface area contributed by atoms with E-state index in [2.05, 4.69) is 5.32 Å². The number of carbonyl (C=O) groups excluding carboxylic acids is 3. The van der Waals surface area contributed by atoms with Crippen molar-refractivity contribution in [3.63, 3.8) is 0 Å². The fourth-order valence-corrected chi connectivity index (χ4v) is 3.55. The summed E-state index contributed by atoms with van der Waals surface area (Å²) in [5, 5.41) is 4.07. The first-order valence-electron chi connectivity index (χ1n) is 7.75. The van der Waals surface area contributed by atoms with Crippen LogP contribution in [-0.4, -0.2) is 22.3 Å². The zero-order valence-electron chi connectivity index (χ0n) is 13.6. The lowest BCUT2D eigenvalue weighted by molar-refractivity contribution is -0.116. The van der Waals surface area contributed by atoms with Gasteiger partial charge in [0, 0.05) is 29.3 Å². The summed E-state index contributed by atoms with van der Waals surface area (Å²) in [7, 11) is 0. The van der Waals surface area contributed by atoms with Crippen LogP contribution in [0.3, 0.4) is 0 Å². The molecule has 3 aromatic rings. The molecule has 3 rings (SSSR count). The second-order valence-corrected chi connectivity index (χ2v) is 6.91. The third-order valence-corrected chi connectivity index (χ3v) is 4.77. The number of carbonyl (C=O) groups is 3. The molecule has 0 saturated carbocycles. The van der Waals surface area contributed by atoms with Crippen LogP contribution in [0.4, 0.5) is 5.00 Å². The van der Waals surface area contributed by atoms with E-state index in [1.165, 1.54) is 11.3 Å². The topological polar surface area (TPSA) is 94.2 Å². The van der Waals surface area contributed by atoms with Crippen molar-refractivity contribution in [3.05, 3.63) is 53.0 Å². The molecule has 3 N–H and O–H groups in total. The largest absolute Gasteiger partial charge is 0.366 e. The Morgan fingerprint density at radius 3 is 2.68 bits per heavy atom. The summed E-state index contributed by atoms with van der Waals surface area (Å²) in [5.74, 6) is -1.07. The van der Waals surface area contributed by atoms with Crippen molar-refractivity contribution >= 4 is 45.0 Å². The van der Waals surface area contributed by atoms with Crippen LogP contribution in [0.15, 0.2) is 42.6 Å². The van der Waals surface area contributed by atoms with E-state index in [9.17, 15) is 14.4 Å². The summed E-state index contributed by atoms with van der Waals surface area (Å²) in [5.41, 5.74) is 6.41. The Morgan fingerprint density at radius 2 is 1.92 bits per heavy atom. The third kappa shape index (κ3) is 3.61. The van der Waals surface area contributed by atoms with Crippen LogP contribution in [0.1, 0.15) is 32.9 Å². The van der Waals surface area contributed by atoms with E-state index < -0.39 is 5.91 Å². The van der Waals surface area contributed by atoms with E-state index in [1.807, 2.05) is 37.3 Å². The van der Waals surface area contributed by atoms with E-state index in [-0.39, 0.29) is 24.7 Å². The second-order valence-electron chi connectivity index (χ2n) is 5.65. The minimum atomic E-state index is -0.588. The number of hydrogen-bond acceptors (Lipinski definition) is 4. The number of aryl methyl sites for hydroxylation is 1. The Bertz CT molecular complexity index is 971. The molecule has 128 valence electrons. The molecular formula is C18H17N3O3S. The van der Waals surface area contributed by atoms with Crippen molar-refractivity contribution in [2.45, 2.75) is 19.8 Å². The van der Waals surface area contributed by atoms with Gasteiger partial charge in [-0.15, -0.1) is 11.3 Å². The standard InChI is InChI=1S/C18H17N3O3S/c1-11-10-13(17(19)24)18(25-11)20-15(22)6-7-16(23)21-9-8-12-4-2-3-5-14(12)21/h2-5,8-10H,6-7H2,1H3,(H2,19,24)(H,20,22). The van der Waals surface area contributed by atoms with Crippen molar-refractivity contribution in [2.75, 3.05) is 5.32 Å². The minimum Gasteiger partial charge on any atom is -0.366 e. The van der Waals surface area contributed by atoms with Gasteiger partial charge in [0.15, 0.2) is 0 Å². The first kappa shape index (κ1) is 16.9. The lowest BCUT2D eigenvalue weighted by Gasteiger charge is -2.06. The number of hydrogen-bond donors (Lipinski definition) is 2. The molecule has 0 atom stereocenters. The van der Waals surface area contributed by atoms with Crippen LogP contribution < -0.4 is 11.1 Å². The number of benzene rings is 1. The average Bonchev–Trinajstić information content (AvgIpc) is 3.16. The van der Waals surface area contributed by atoms with Crippen LogP contribution in [0, 0.1) is 6.92 Å². The smallest absolute Gasteiger partial charge is 0.251 e. The summed E-state index contributed by atoms with van der Waals surface area (Å²) in [6, 6.07) is 11.1. The highest BCUT2D eigenvalue weighted by molar-refractivity contribution is 7.16. The Kier molecular flexibility index (Phi) is 4.67. The highest BCUT2D eigenvalue weighted by atomic mass is 32.1. The number of fused-ring (bicyclic) bond motifs is 1. The molecule has 1 aromatic carbocycles. The predicted molar refractivity (Wildman–Crippen MR) is 98.0 cm³/mol. The molecule has 0 aliphatic carbocycles. The molecule has 0 spiro atoms. The van der Waals surface area contributed by atoms with Crippen molar-refractivity contribution in [3.8, 4) is 0 Å². The molecule has 0 fully saturated rings. The van der Waals surface area contributed by atoms with Gasteiger partial charge in [0.05, 0.1) is 11.1 Å². The average molecular weight is 355 g/mol. The molecule has 2 aromatic heterocycles. The number of nitrogens with zero attached hydrogens (tertiary/aromatic N) is 1. The first-order chi connectivity index (χ1) is 12.0. The molecule has 7 heteroatoms. The predicted octanol–water partition coefficient (Wildman–Crippen LogP) is 3.17. The van der Waals surface area contributed by atoms with Crippen LogP contribution in [0.5, 0.6) is 0 Å². The van der Waals surface area contributed by atoms with E-state index in [4.69, 9.17) is 5.73 Å². The van der Waals surface area contributed by atoms with Crippen LogP contribution >= 0.6 is 11.3 Å². The maximum atomic E-state index is 12.4. The molecule has 25 heavy (non-hydrogen) atoms. The van der Waals surface area contributed by atoms with Gasteiger partial charge < -0.3 is 11.1 Å². The molecule has 0 aliphatic heterocycles. The highest BCUT2D eigenvalue weighted by Crippen LogP contribution is 2.27. The lowest BCUT2D eigenvalue weighted by Crippen LogP contribution is -2.18. The quantitative estimate of drug-likeness (QED) is 0.736. The SMILES string of the molecule is Cc1cc(C(N)=O)c(NC(=O)CCC(=O)n2ccc3ccccc32)s1. The van der Waals surface area contributed by atoms with Gasteiger partial charge in [-0.2, -0.15) is 0 Å². The second kappa shape index (κ2) is 6.90. The van der Waals surface area contributed by atoms with Gasteiger partial charge in [0.1, 0.15) is 5.00 Å². The zero-order chi connectivity index (χ0) is 18.0. The number of thiophene rings is 1. The number of nitrogens with two attached hydrogens (primary N) is 1. The molecule has 0 saturated heterocycles. The third-order valence-electron chi connectivity index (χ3n) is 3.81. The Morgan fingerprint density at radius 1 is 1.16 bits per heavy atom. The molecule has 6 nitrogen and oxygen atoms in total. The Hall–Kier alpha value is -2.93. The number of amides is 2. The van der Waals surface area contributed by atoms with Gasteiger partial charge in [0.2, 0.25) is 11.8 Å². The number of primary amides is 1. The molecular weight excluding hydrogens is 338 g/mol. The van der Waals surface area contributed by atoms with Gasteiger partial charge in [-0.25, -0.2) is 0 Å². The number of para-hydroxylation sites is 1. The van der Waals surface area contributed by atoms with E-state index >= 15 is 0 Å². The lowest BCUT2D eigenvalue weighted by atomic mass is 10.2. The summed E-state index contributed by atoms with van der Waals surface area (Å²) in [6.07, 6.45) is 1.81. The molecule has 2 heterocycles. The monoisotopic (exact) mass is 355 g/mol. The van der Waals surface area contributed by atoms with E-state index in [0.717, 1.165) is 15.8 Å². The van der Waals surface area contributed by atoms with Crippen molar-refractivity contribution in [1.82, 2.24) is 4.57 Å². The minimum absolute atomic E-state index is 0.0283. The van der Waals surface area contributed by atoms with Gasteiger partial charge in [-0.05, 0) is 25.1 Å². The highest BCUT2D eigenvalue weighted by Gasteiger charge is 2.16. The maximum Gasteiger partial charge on any atom is 0.251 e. The first-order valence-corrected chi connectivity index (χ1v) is 8.57. The summed E-state index contributed by atoms with van der Waals surface area (Å²) in [4.78, 5) is 36.7. The molecule has 0 aliphatic rings. The summed E-state index contributed by atoms with van der Waals surface area (Å²) in [6.45, 7) is 1.83. The van der Waals surface area contributed by atoms with Gasteiger partial charge >= 0.3 is 0 Å². The zero-order valence-corrected chi connectivity index (χ0v) is 14.4. The van der Waals surface area contributed by atoms with Crippen LogP contribution in [0.25, 0.3) is 10.9 Å². The van der Waals surface area contributed by atoms with Crippen LogP contribution in [0.2, 0.25) is 0 Å². The molecule has 0 radical (unpaired) electrons. The maximum absolute atomic E-state index is 12.4. The summed E-state index contributed by atoms with van der Waals surface area (Å²) < 4.78 is 1.55. The van der Waals surface area contributed by atoms with E-state index in [0.29, 0.717) is 10.6 Å². The van der Waals surface area contributed by atoms with Gasteiger partial charge in [-0.3, -0.25) is 19.0 Å². The molecule has 0 bridgehead atoms. The molecule has 2 amide bonds. The number of anilines is 1. The van der Waals surface area contributed by atoms with Crippen molar-refractivity contribution < 1.29 is 14.4 Å². The normalized spacial score (nSPS) is 10.8. The van der Waals surface area contributed by atoms with Gasteiger partial charge in [-0.1, -0.05) is 18.2 Å². The molecule has 0 unspecified atom stereocenters. The van der Waals surface area contributed by atoms with Crippen LogP contribution in [-0.2, 0) is 4.79 Å². The fraction of sp³-hybridized carbons (Fsp3) is 0.167. The fourth-order valence-electron chi connectivity index (χ4n) is 2.62.